The number of rotatable bonds is 3. The molecule has 0 saturated carbocycles. The van der Waals surface area contributed by atoms with Gasteiger partial charge >= 0.3 is 0 Å². The average molecular weight is 253 g/mol. The Kier molecular flexibility index (Phi) is 4.19. The molecule has 3 nitrogen and oxygen atoms in total. The predicted octanol–water partition coefficient (Wildman–Crippen LogP) is 2.49. The number of benzene rings is 1. The highest BCUT2D eigenvalue weighted by Gasteiger charge is 2.22. The van der Waals surface area contributed by atoms with Crippen molar-refractivity contribution < 1.29 is 14.2 Å². The Labute approximate surface area is 107 Å². The van der Waals surface area contributed by atoms with Crippen LogP contribution >= 0.6 is 0 Å². The predicted molar refractivity (Wildman–Crippen MR) is 69.3 cm³/mol. The van der Waals surface area contributed by atoms with Crippen molar-refractivity contribution in [1.29, 1.82) is 0 Å². The Morgan fingerprint density at radius 1 is 1.56 bits per heavy atom. The summed E-state index contributed by atoms with van der Waals surface area (Å²) in [7, 11) is 0. The van der Waals surface area contributed by atoms with Gasteiger partial charge in [0.05, 0.1) is 18.8 Å². The molecular formula is C14H20FNO2. The summed E-state index contributed by atoms with van der Waals surface area (Å²) in [6.45, 7) is 6.00. The van der Waals surface area contributed by atoms with E-state index in [1.54, 1.807) is 13.0 Å². The second-order valence-electron chi connectivity index (χ2n) is 4.73. The zero-order valence-corrected chi connectivity index (χ0v) is 10.9. The van der Waals surface area contributed by atoms with E-state index in [1.165, 1.54) is 12.1 Å². The fraction of sp³-hybridized carbons (Fsp3) is 0.571. The van der Waals surface area contributed by atoms with Gasteiger partial charge in [-0.3, -0.25) is 0 Å². The molecule has 1 saturated heterocycles. The van der Waals surface area contributed by atoms with E-state index in [9.17, 15) is 9.50 Å². The van der Waals surface area contributed by atoms with E-state index in [0.29, 0.717) is 12.2 Å². The van der Waals surface area contributed by atoms with E-state index < -0.39 is 6.10 Å². The first-order chi connectivity index (χ1) is 8.61. The van der Waals surface area contributed by atoms with E-state index in [4.69, 9.17) is 4.74 Å². The van der Waals surface area contributed by atoms with Crippen molar-refractivity contribution in [3.8, 4) is 0 Å². The minimum atomic E-state index is -0.668. The molecule has 0 amide bonds. The monoisotopic (exact) mass is 253 g/mol. The van der Waals surface area contributed by atoms with Crippen LogP contribution in [-0.4, -0.2) is 30.9 Å². The second-order valence-corrected chi connectivity index (χ2v) is 4.73. The van der Waals surface area contributed by atoms with Crippen molar-refractivity contribution in [1.82, 2.24) is 0 Å². The zero-order valence-electron chi connectivity index (χ0n) is 10.9. The minimum Gasteiger partial charge on any atom is -0.389 e. The molecule has 1 fully saturated rings. The van der Waals surface area contributed by atoms with Crippen molar-refractivity contribution >= 4 is 5.69 Å². The molecule has 1 aromatic rings. The van der Waals surface area contributed by atoms with E-state index >= 15 is 0 Å². The lowest BCUT2D eigenvalue weighted by atomic mass is 10.1. The van der Waals surface area contributed by atoms with E-state index in [-0.39, 0.29) is 11.9 Å². The highest BCUT2D eigenvalue weighted by Crippen LogP contribution is 2.28. The fourth-order valence-corrected chi connectivity index (χ4v) is 2.33. The number of halogens is 1. The number of anilines is 1. The summed E-state index contributed by atoms with van der Waals surface area (Å²) < 4.78 is 18.9. The van der Waals surface area contributed by atoms with Gasteiger partial charge in [0.25, 0.3) is 0 Å². The molecule has 2 atom stereocenters. The minimum absolute atomic E-state index is 0.214. The molecule has 0 bridgehead atoms. The van der Waals surface area contributed by atoms with Crippen molar-refractivity contribution in [2.75, 3.05) is 24.6 Å². The number of morpholine rings is 1. The fourth-order valence-electron chi connectivity index (χ4n) is 2.33. The molecule has 2 rings (SSSR count). The maximum absolute atomic E-state index is 13.3. The van der Waals surface area contributed by atoms with E-state index in [1.807, 2.05) is 0 Å². The SMILES string of the molecule is CCC1CN(c2ccc(F)cc2[C@@H](C)O)CCO1. The van der Waals surface area contributed by atoms with Gasteiger partial charge in [0.2, 0.25) is 0 Å². The first kappa shape index (κ1) is 13.3. The largest absolute Gasteiger partial charge is 0.389 e. The quantitative estimate of drug-likeness (QED) is 0.898. The topological polar surface area (TPSA) is 32.7 Å². The Hall–Kier alpha value is -1.13. The average Bonchev–Trinajstić information content (AvgIpc) is 2.38. The molecule has 18 heavy (non-hydrogen) atoms. The number of nitrogens with zero attached hydrogens (tertiary/aromatic N) is 1. The Bertz CT molecular complexity index is 409. The Morgan fingerprint density at radius 3 is 3.00 bits per heavy atom. The van der Waals surface area contributed by atoms with Gasteiger partial charge in [-0.2, -0.15) is 0 Å². The van der Waals surface area contributed by atoms with Crippen LogP contribution in [-0.2, 0) is 4.74 Å². The van der Waals surface area contributed by atoms with Gasteiger partial charge < -0.3 is 14.7 Å². The molecule has 100 valence electrons. The summed E-state index contributed by atoms with van der Waals surface area (Å²) in [6, 6.07) is 4.60. The van der Waals surface area contributed by atoms with Gasteiger partial charge in [-0.05, 0) is 31.5 Å². The smallest absolute Gasteiger partial charge is 0.123 e. The van der Waals surface area contributed by atoms with Gasteiger partial charge in [-0.25, -0.2) is 4.39 Å². The lowest BCUT2D eigenvalue weighted by molar-refractivity contribution is 0.0382. The molecular weight excluding hydrogens is 233 g/mol. The number of ether oxygens (including phenoxy) is 1. The third-order valence-corrected chi connectivity index (χ3v) is 3.37. The van der Waals surface area contributed by atoms with Crippen LogP contribution in [0.25, 0.3) is 0 Å². The van der Waals surface area contributed by atoms with Crippen molar-refractivity contribution in [3.05, 3.63) is 29.6 Å². The molecule has 1 aromatic carbocycles. The number of hydrogen-bond donors (Lipinski definition) is 1. The van der Waals surface area contributed by atoms with E-state index in [0.717, 1.165) is 25.2 Å². The molecule has 0 aliphatic carbocycles. The Morgan fingerprint density at radius 2 is 2.33 bits per heavy atom. The lowest BCUT2D eigenvalue weighted by Crippen LogP contribution is -2.42. The van der Waals surface area contributed by atoms with Crippen LogP contribution in [0.1, 0.15) is 31.9 Å². The van der Waals surface area contributed by atoms with Gasteiger partial charge in [0, 0.05) is 24.3 Å². The Balaban J connectivity index is 2.26. The number of hydrogen-bond acceptors (Lipinski definition) is 3. The summed E-state index contributed by atoms with van der Waals surface area (Å²) in [6.07, 6.45) is 0.506. The highest BCUT2D eigenvalue weighted by atomic mass is 19.1. The molecule has 0 spiro atoms. The summed E-state index contributed by atoms with van der Waals surface area (Å²) in [5.74, 6) is -0.310. The zero-order chi connectivity index (χ0) is 13.1. The summed E-state index contributed by atoms with van der Waals surface area (Å²) >= 11 is 0. The van der Waals surface area contributed by atoms with Gasteiger partial charge in [0.15, 0.2) is 0 Å². The molecule has 1 unspecified atom stereocenters. The normalized spacial score (nSPS) is 22.0. The van der Waals surface area contributed by atoms with Gasteiger partial charge in [0.1, 0.15) is 5.82 Å². The number of aliphatic hydroxyl groups is 1. The summed E-state index contributed by atoms with van der Waals surface area (Å²) in [5, 5.41) is 9.76. The maximum atomic E-state index is 13.3. The van der Waals surface area contributed by atoms with Crippen molar-refractivity contribution in [3.63, 3.8) is 0 Å². The molecule has 1 N–H and O–H groups in total. The molecule has 1 aliphatic rings. The molecule has 1 aliphatic heterocycles. The highest BCUT2D eigenvalue weighted by molar-refractivity contribution is 5.55. The van der Waals surface area contributed by atoms with Crippen LogP contribution in [0.2, 0.25) is 0 Å². The summed E-state index contributed by atoms with van der Waals surface area (Å²) in [5.41, 5.74) is 1.56. The van der Waals surface area contributed by atoms with Crippen LogP contribution in [0.4, 0.5) is 10.1 Å². The van der Waals surface area contributed by atoms with Crippen LogP contribution in [0.15, 0.2) is 18.2 Å². The summed E-state index contributed by atoms with van der Waals surface area (Å²) in [4.78, 5) is 2.17. The molecule has 0 aromatic heterocycles. The number of aliphatic hydroxyl groups excluding tert-OH is 1. The van der Waals surface area contributed by atoms with Crippen LogP contribution in [0.5, 0.6) is 0 Å². The molecule has 4 heteroatoms. The van der Waals surface area contributed by atoms with Crippen molar-refractivity contribution in [2.45, 2.75) is 32.5 Å². The van der Waals surface area contributed by atoms with Crippen LogP contribution in [0, 0.1) is 5.82 Å². The lowest BCUT2D eigenvalue weighted by Gasteiger charge is -2.35. The molecule has 1 heterocycles. The second kappa shape index (κ2) is 5.67. The maximum Gasteiger partial charge on any atom is 0.123 e. The first-order valence-electron chi connectivity index (χ1n) is 6.46. The van der Waals surface area contributed by atoms with Crippen molar-refractivity contribution in [2.24, 2.45) is 0 Å². The van der Waals surface area contributed by atoms with Gasteiger partial charge in [-0.1, -0.05) is 6.92 Å². The van der Waals surface area contributed by atoms with E-state index in [2.05, 4.69) is 11.8 Å². The van der Waals surface area contributed by atoms with Gasteiger partial charge in [-0.15, -0.1) is 0 Å². The standard InChI is InChI=1S/C14H20FNO2/c1-3-12-9-16(6-7-18-12)14-5-4-11(15)8-13(14)10(2)17/h4-5,8,10,12,17H,3,6-7,9H2,1-2H3/t10-,12?/m1/s1. The molecule has 0 radical (unpaired) electrons. The van der Waals surface area contributed by atoms with Crippen LogP contribution in [0.3, 0.4) is 0 Å². The first-order valence-corrected chi connectivity index (χ1v) is 6.46. The third kappa shape index (κ3) is 2.82. The van der Waals surface area contributed by atoms with Crippen LogP contribution < -0.4 is 4.90 Å². The third-order valence-electron chi connectivity index (χ3n) is 3.37.